The molecule has 1 amide bonds. The molecular weight excluding hydrogens is 240 g/mol. The minimum atomic E-state index is -0.00686. The zero-order chi connectivity index (χ0) is 13.7. The van der Waals surface area contributed by atoms with Crippen LogP contribution in [0, 0.1) is 0 Å². The van der Waals surface area contributed by atoms with Crippen LogP contribution in [0.4, 0.5) is 5.69 Å². The molecule has 0 heterocycles. The first-order chi connectivity index (χ1) is 9.17. The van der Waals surface area contributed by atoms with Crippen molar-refractivity contribution >= 4 is 11.6 Å². The predicted molar refractivity (Wildman–Crippen MR) is 76.5 cm³/mol. The van der Waals surface area contributed by atoms with E-state index < -0.39 is 0 Å². The molecule has 1 aliphatic rings. The van der Waals surface area contributed by atoms with Crippen LogP contribution >= 0.6 is 0 Å². The maximum Gasteiger partial charge on any atom is 0.238 e. The van der Waals surface area contributed by atoms with Crippen molar-refractivity contribution in [1.82, 2.24) is 5.32 Å². The molecular formula is C15H22N2O2. The van der Waals surface area contributed by atoms with Gasteiger partial charge in [0.1, 0.15) is 5.75 Å². The number of anilines is 1. The standard InChI is InChI=1S/C15H22N2O2/c1-3-11(2)19-14-6-4-5-13(9-14)17-15(18)10-16-12-7-8-12/h4-6,9,11-12,16H,3,7-8,10H2,1-2H3,(H,17,18). The zero-order valence-corrected chi connectivity index (χ0v) is 11.6. The average molecular weight is 262 g/mol. The maximum atomic E-state index is 11.7. The molecule has 1 aromatic carbocycles. The van der Waals surface area contributed by atoms with Gasteiger partial charge < -0.3 is 15.4 Å². The summed E-state index contributed by atoms with van der Waals surface area (Å²) in [4.78, 5) is 11.7. The summed E-state index contributed by atoms with van der Waals surface area (Å²) in [6, 6.07) is 8.08. The fourth-order valence-electron chi connectivity index (χ4n) is 1.69. The van der Waals surface area contributed by atoms with Gasteiger partial charge in [-0.2, -0.15) is 0 Å². The predicted octanol–water partition coefficient (Wildman–Crippen LogP) is 2.55. The van der Waals surface area contributed by atoms with Crippen LogP contribution in [-0.2, 0) is 4.79 Å². The third kappa shape index (κ3) is 4.91. The fraction of sp³-hybridized carbons (Fsp3) is 0.533. The van der Waals surface area contributed by atoms with Crippen molar-refractivity contribution in [3.8, 4) is 5.75 Å². The molecule has 0 aliphatic heterocycles. The molecule has 1 unspecified atom stereocenters. The molecule has 1 saturated carbocycles. The Bertz CT molecular complexity index is 430. The van der Waals surface area contributed by atoms with Crippen molar-refractivity contribution in [3.63, 3.8) is 0 Å². The highest BCUT2D eigenvalue weighted by Crippen LogP contribution is 2.20. The molecule has 104 valence electrons. The van der Waals surface area contributed by atoms with E-state index in [-0.39, 0.29) is 12.0 Å². The number of ether oxygens (including phenoxy) is 1. The van der Waals surface area contributed by atoms with Crippen LogP contribution in [0.15, 0.2) is 24.3 Å². The summed E-state index contributed by atoms with van der Waals surface area (Å²) >= 11 is 0. The average Bonchev–Trinajstić information content (AvgIpc) is 3.20. The molecule has 0 spiro atoms. The number of amides is 1. The quantitative estimate of drug-likeness (QED) is 0.794. The Morgan fingerprint density at radius 3 is 2.95 bits per heavy atom. The number of hydrogen-bond acceptors (Lipinski definition) is 3. The van der Waals surface area contributed by atoms with Crippen molar-refractivity contribution in [3.05, 3.63) is 24.3 Å². The number of carbonyl (C=O) groups excluding carboxylic acids is 1. The van der Waals surface area contributed by atoms with E-state index in [2.05, 4.69) is 17.6 Å². The lowest BCUT2D eigenvalue weighted by Gasteiger charge is -2.13. The number of carbonyl (C=O) groups is 1. The molecule has 1 aliphatic carbocycles. The van der Waals surface area contributed by atoms with Gasteiger partial charge in [0, 0.05) is 17.8 Å². The molecule has 1 atom stereocenters. The summed E-state index contributed by atoms with van der Waals surface area (Å²) in [5, 5.41) is 6.06. The first kappa shape index (κ1) is 13.9. The molecule has 0 bridgehead atoms. The van der Waals surface area contributed by atoms with Crippen LogP contribution in [-0.4, -0.2) is 24.6 Å². The van der Waals surface area contributed by atoms with Gasteiger partial charge in [-0.25, -0.2) is 0 Å². The minimum Gasteiger partial charge on any atom is -0.491 e. The molecule has 4 nitrogen and oxygen atoms in total. The molecule has 4 heteroatoms. The van der Waals surface area contributed by atoms with Crippen molar-refractivity contribution in [1.29, 1.82) is 0 Å². The maximum absolute atomic E-state index is 11.7. The molecule has 2 N–H and O–H groups in total. The van der Waals surface area contributed by atoms with E-state index in [9.17, 15) is 4.79 Å². The second kappa shape index (κ2) is 6.57. The Balaban J connectivity index is 1.84. The van der Waals surface area contributed by atoms with E-state index in [0.717, 1.165) is 17.9 Å². The molecule has 2 rings (SSSR count). The Labute approximate surface area is 114 Å². The van der Waals surface area contributed by atoms with Gasteiger partial charge in [0.05, 0.1) is 12.6 Å². The summed E-state index contributed by atoms with van der Waals surface area (Å²) in [6.45, 7) is 4.49. The normalized spacial score (nSPS) is 15.9. The van der Waals surface area contributed by atoms with Gasteiger partial charge >= 0.3 is 0 Å². The van der Waals surface area contributed by atoms with E-state index in [0.29, 0.717) is 12.6 Å². The van der Waals surface area contributed by atoms with Gasteiger partial charge in [0.2, 0.25) is 5.91 Å². The molecule has 19 heavy (non-hydrogen) atoms. The third-order valence-corrected chi connectivity index (χ3v) is 3.16. The summed E-state index contributed by atoms with van der Waals surface area (Å²) in [6.07, 6.45) is 3.52. The second-order valence-electron chi connectivity index (χ2n) is 5.07. The van der Waals surface area contributed by atoms with Crippen molar-refractivity contribution < 1.29 is 9.53 Å². The first-order valence-corrected chi connectivity index (χ1v) is 6.97. The SMILES string of the molecule is CCC(C)Oc1cccc(NC(=O)CNC2CC2)c1. The molecule has 0 saturated heterocycles. The number of hydrogen-bond donors (Lipinski definition) is 2. The van der Waals surface area contributed by atoms with Gasteiger partial charge in [-0.05, 0) is 38.3 Å². The van der Waals surface area contributed by atoms with Gasteiger partial charge in [-0.15, -0.1) is 0 Å². The molecule has 1 aromatic rings. The number of rotatable bonds is 7. The Morgan fingerprint density at radius 2 is 2.26 bits per heavy atom. The van der Waals surface area contributed by atoms with E-state index in [4.69, 9.17) is 4.74 Å². The third-order valence-electron chi connectivity index (χ3n) is 3.16. The van der Waals surface area contributed by atoms with Crippen LogP contribution in [0.2, 0.25) is 0 Å². The first-order valence-electron chi connectivity index (χ1n) is 6.97. The van der Waals surface area contributed by atoms with Crippen molar-refractivity contribution in [2.75, 3.05) is 11.9 Å². The van der Waals surface area contributed by atoms with E-state index in [1.54, 1.807) is 0 Å². The second-order valence-corrected chi connectivity index (χ2v) is 5.07. The summed E-state index contributed by atoms with van der Waals surface area (Å²) in [5.41, 5.74) is 0.781. The fourth-order valence-corrected chi connectivity index (χ4v) is 1.69. The largest absolute Gasteiger partial charge is 0.491 e. The zero-order valence-electron chi connectivity index (χ0n) is 11.6. The van der Waals surface area contributed by atoms with Crippen molar-refractivity contribution in [2.45, 2.75) is 45.3 Å². The van der Waals surface area contributed by atoms with Crippen LogP contribution in [0.5, 0.6) is 5.75 Å². The van der Waals surface area contributed by atoms with E-state index in [1.165, 1.54) is 12.8 Å². The molecule has 0 aromatic heterocycles. The lowest BCUT2D eigenvalue weighted by atomic mass is 10.2. The summed E-state index contributed by atoms with van der Waals surface area (Å²) in [7, 11) is 0. The van der Waals surface area contributed by atoms with Gasteiger partial charge in [0.15, 0.2) is 0 Å². The Morgan fingerprint density at radius 1 is 1.47 bits per heavy atom. The summed E-state index contributed by atoms with van der Waals surface area (Å²) in [5.74, 6) is 0.787. The lowest BCUT2D eigenvalue weighted by Crippen LogP contribution is -2.29. The van der Waals surface area contributed by atoms with E-state index >= 15 is 0 Å². The van der Waals surface area contributed by atoms with Crippen LogP contribution in [0.3, 0.4) is 0 Å². The van der Waals surface area contributed by atoms with Crippen LogP contribution < -0.4 is 15.4 Å². The van der Waals surface area contributed by atoms with Gasteiger partial charge in [-0.3, -0.25) is 4.79 Å². The monoisotopic (exact) mass is 262 g/mol. The highest BCUT2D eigenvalue weighted by atomic mass is 16.5. The highest BCUT2D eigenvalue weighted by Gasteiger charge is 2.21. The van der Waals surface area contributed by atoms with Crippen LogP contribution in [0.1, 0.15) is 33.1 Å². The lowest BCUT2D eigenvalue weighted by molar-refractivity contribution is -0.115. The van der Waals surface area contributed by atoms with Crippen molar-refractivity contribution in [2.24, 2.45) is 0 Å². The number of benzene rings is 1. The number of nitrogens with one attached hydrogen (secondary N) is 2. The van der Waals surface area contributed by atoms with Gasteiger partial charge in [-0.1, -0.05) is 13.0 Å². The minimum absolute atomic E-state index is 0.00686. The van der Waals surface area contributed by atoms with E-state index in [1.807, 2.05) is 31.2 Å². The highest BCUT2D eigenvalue weighted by molar-refractivity contribution is 5.92. The molecule has 1 fully saturated rings. The topological polar surface area (TPSA) is 50.4 Å². The Hall–Kier alpha value is -1.55. The Kier molecular flexibility index (Phi) is 4.80. The molecule has 0 radical (unpaired) electrons. The summed E-state index contributed by atoms with van der Waals surface area (Å²) < 4.78 is 5.73. The smallest absolute Gasteiger partial charge is 0.238 e. The van der Waals surface area contributed by atoms with Crippen LogP contribution in [0.25, 0.3) is 0 Å². The van der Waals surface area contributed by atoms with Gasteiger partial charge in [0.25, 0.3) is 0 Å².